The lowest BCUT2D eigenvalue weighted by Gasteiger charge is -2.02. The molecule has 1 fully saturated rings. The van der Waals surface area contributed by atoms with E-state index >= 15 is 0 Å². The molecule has 0 aliphatic heterocycles. The lowest BCUT2D eigenvalue weighted by Crippen LogP contribution is -2.13. The zero-order valence-corrected chi connectivity index (χ0v) is 12.3. The van der Waals surface area contributed by atoms with E-state index < -0.39 is 9.84 Å². The number of nitrogens with zero attached hydrogens (tertiary/aromatic N) is 4. The number of sulfone groups is 1. The summed E-state index contributed by atoms with van der Waals surface area (Å²) in [5.41, 5.74) is 0.982. The largest absolute Gasteiger partial charge is 0.228 e. The van der Waals surface area contributed by atoms with E-state index in [9.17, 15) is 8.42 Å². The van der Waals surface area contributed by atoms with Gasteiger partial charge in [-0.1, -0.05) is 42.5 Å². The molecule has 1 aromatic carbocycles. The first-order chi connectivity index (χ1) is 10.1. The molecule has 2 aromatic rings. The van der Waals surface area contributed by atoms with E-state index in [1.54, 1.807) is 16.8 Å². The van der Waals surface area contributed by atoms with Gasteiger partial charge >= 0.3 is 0 Å². The predicted molar refractivity (Wildman–Crippen MR) is 79.1 cm³/mol. The van der Waals surface area contributed by atoms with Gasteiger partial charge in [-0.05, 0) is 28.8 Å². The third kappa shape index (κ3) is 3.75. The van der Waals surface area contributed by atoms with E-state index in [4.69, 9.17) is 0 Å². The molecule has 1 saturated carbocycles. The molecule has 0 spiro atoms. The third-order valence-electron chi connectivity index (χ3n) is 3.26. The Hall–Kier alpha value is -2.02. The molecule has 1 aliphatic rings. The first kappa shape index (κ1) is 13.9. The molecule has 6 nitrogen and oxygen atoms in total. The van der Waals surface area contributed by atoms with Crippen molar-refractivity contribution >= 4 is 15.9 Å². The first-order valence-electron chi connectivity index (χ1n) is 6.83. The van der Waals surface area contributed by atoms with Crippen LogP contribution in [-0.2, 0) is 15.6 Å². The molecule has 0 radical (unpaired) electrons. The maximum Gasteiger partial charge on any atom is 0.166 e. The van der Waals surface area contributed by atoms with E-state index in [1.165, 1.54) is 0 Å². The van der Waals surface area contributed by atoms with Crippen LogP contribution in [0.3, 0.4) is 0 Å². The fourth-order valence-electron chi connectivity index (χ4n) is 2.06. The highest BCUT2D eigenvalue weighted by molar-refractivity contribution is 7.90. The maximum atomic E-state index is 12.1. The SMILES string of the molecule is O=S(=O)(CC=Cc1ccccc1)Cc1nnnn1C1CC1. The predicted octanol–water partition coefficient (Wildman–Crippen LogP) is 1.64. The average Bonchev–Trinajstić information content (AvgIpc) is 3.20. The van der Waals surface area contributed by atoms with Crippen LogP contribution in [0.4, 0.5) is 0 Å². The Bertz CT molecular complexity index is 733. The van der Waals surface area contributed by atoms with Crippen molar-refractivity contribution in [3.8, 4) is 0 Å². The molecule has 1 aliphatic carbocycles. The van der Waals surface area contributed by atoms with Gasteiger partial charge in [0.15, 0.2) is 15.7 Å². The summed E-state index contributed by atoms with van der Waals surface area (Å²) >= 11 is 0. The Balaban J connectivity index is 1.64. The van der Waals surface area contributed by atoms with Crippen LogP contribution in [0, 0.1) is 0 Å². The molecule has 1 aromatic heterocycles. The van der Waals surface area contributed by atoms with E-state index in [0.717, 1.165) is 18.4 Å². The van der Waals surface area contributed by atoms with Gasteiger partial charge in [0.1, 0.15) is 5.75 Å². The summed E-state index contributed by atoms with van der Waals surface area (Å²) in [5, 5.41) is 11.3. The fraction of sp³-hybridized carbons (Fsp3) is 0.357. The molecule has 0 atom stereocenters. The van der Waals surface area contributed by atoms with Gasteiger partial charge in [-0.25, -0.2) is 13.1 Å². The molecule has 0 saturated heterocycles. The second-order valence-corrected chi connectivity index (χ2v) is 7.25. The van der Waals surface area contributed by atoms with Crippen molar-refractivity contribution in [2.45, 2.75) is 24.6 Å². The molecular weight excluding hydrogens is 288 g/mol. The average molecular weight is 304 g/mol. The number of benzene rings is 1. The lowest BCUT2D eigenvalue weighted by atomic mass is 10.2. The Morgan fingerprint density at radius 1 is 1.24 bits per heavy atom. The molecule has 110 valence electrons. The second kappa shape index (κ2) is 5.77. The topological polar surface area (TPSA) is 77.7 Å². The highest BCUT2D eigenvalue weighted by atomic mass is 32.2. The van der Waals surface area contributed by atoms with Gasteiger partial charge in [0.2, 0.25) is 0 Å². The van der Waals surface area contributed by atoms with Crippen LogP contribution in [0.15, 0.2) is 36.4 Å². The van der Waals surface area contributed by atoms with Crippen molar-refractivity contribution in [2.75, 3.05) is 5.75 Å². The minimum atomic E-state index is -3.25. The van der Waals surface area contributed by atoms with E-state index in [2.05, 4.69) is 15.5 Å². The standard InChI is InChI=1S/C14H16N4O2S/c19-21(20,10-4-7-12-5-2-1-3-6-12)11-14-15-16-17-18(14)13-8-9-13/h1-7,13H,8-11H2. The van der Waals surface area contributed by atoms with Gasteiger partial charge in [0.25, 0.3) is 0 Å². The molecule has 0 unspecified atom stereocenters. The van der Waals surface area contributed by atoms with Crippen molar-refractivity contribution < 1.29 is 8.42 Å². The van der Waals surface area contributed by atoms with Crippen molar-refractivity contribution in [1.29, 1.82) is 0 Å². The van der Waals surface area contributed by atoms with Gasteiger partial charge < -0.3 is 0 Å². The zero-order valence-electron chi connectivity index (χ0n) is 11.5. The van der Waals surface area contributed by atoms with Crippen molar-refractivity contribution in [1.82, 2.24) is 20.2 Å². The fourth-order valence-corrected chi connectivity index (χ4v) is 3.15. The van der Waals surface area contributed by atoms with Crippen molar-refractivity contribution in [3.05, 3.63) is 47.8 Å². The molecule has 0 amide bonds. The molecule has 7 heteroatoms. The minimum absolute atomic E-state index is 0.0145. The molecule has 1 heterocycles. The van der Waals surface area contributed by atoms with Gasteiger partial charge in [0, 0.05) is 0 Å². The Morgan fingerprint density at radius 3 is 2.71 bits per heavy atom. The van der Waals surface area contributed by atoms with Crippen molar-refractivity contribution in [2.24, 2.45) is 0 Å². The summed E-state index contributed by atoms with van der Waals surface area (Å²) in [6.45, 7) is 0. The molecule has 21 heavy (non-hydrogen) atoms. The molecule has 0 N–H and O–H groups in total. The van der Waals surface area contributed by atoms with Gasteiger partial charge in [-0.3, -0.25) is 0 Å². The van der Waals surface area contributed by atoms with E-state index in [-0.39, 0.29) is 17.5 Å². The number of aromatic nitrogens is 4. The van der Waals surface area contributed by atoms with E-state index in [0.29, 0.717) is 5.82 Å². The monoisotopic (exact) mass is 304 g/mol. The molecule has 3 rings (SSSR count). The van der Waals surface area contributed by atoms with Crippen molar-refractivity contribution in [3.63, 3.8) is 0 Å². The summed E-state index contributed by atoms with van der Waals surface area (Å²) in [5.74, 6) is 0.306. The minimum Gasteiger partial charge on any atom is -0.228 e. The lowest BCUT2D eigenvalue weighted by molar-refractivity contribution is 0.576. The quantitative estimate of drug-likeness (QED) is 0.810. The summed E-state index contributed by atoms with van der Waals surface area (Å²) in [7, 11) is -3.25. The van der Waals surface area contributed by atoms with Gasteiger partial charge in [0.05, 0.1) is 11.8 Å². The summed E-state index contributed by atoms with van der Waals surface area (Å²) in [4.78, 5) is 0. The normalized spacial score (nSPS) is 15.6. The van der Waals surface area contributed by atoms with Crippen LogP contribution < -0.4 is 0 Å². The molecule has 0 bridgehead atoms. The van der Waals surface area contributed by atoms with Gasteiger partial charge in [-0.2, -0.15) is 0 Å². The highest BCUT2D eigenvalue weighted by Crippen LogP contribution is 2.34. The van der Waals surface area contributed by atoms with Crippen LogP contribution in [0.2, 0.25) is 0 Å². The Kier molecular flexibility index (Phi) is 3.83. The Labute approximate surface area is 123 Å². The van der Waals surface area contributed by atoms with Crippen LogP contribution in [-0.4, -0.2) is 34.4 Å². The Morgan fingerprint density at radius 2 is 2.00 bits per heavy atom. The second-order valence-electron chi connectivity index (χ2n) is 5.14. The first-order valence-corrected chi connectivity index (χ1v) is 8.65. The highest BCUT2D eigenvalue weighted by Gasteiger charge is 2.29. The third-order valence-corrected chi connectivity index (χ3v) is 4.66. The summed E-state index contributed by atoms with van der Waals surface area (Å²) in [6.07, 6.45) is 5.51. The number of tetrazole rings is 1. The van der Waals surface area contributed by atoms with Crippen LogP contribution >= 0.6 is 0 Å². The molecular formula is C14H16N4O2S. The number of hydrogen-bond donors (Lipinski definition) is 0. The summed E-state index contributed by atoms with van der Waals surface area (Å²) < 4.78 is 25.9. The summed E-state index contributed by atoms with van der Waals surface area (Å²) in [6, 6.07) is 9.89. The van der Waals surface area contributed by atoms with E-state index in [1.807, 2.05) is 30.3 Å². The zero-order chi connectivity index (χ0) is 14.7. The van der Waals surface area contributed by atoms with Crippen LogP contribution in [0.1, 0.15) is 30.3 Å². The van der Waals surface area contributed by atoms with Gasteiger partial charge in [-0.15, -0.1) is 5.10 Å². The van der Waals surface area contributed by atoms with Crippen LogP contribution in [0.25, 0.3) is 6.08 Å². The smallest absolute Gasteiger partial charge is 0.166 e. The number of hydrogen-bond acceptors (Lipinski definition) is 5. The van der Waals surface area contributed by atoms with Crippen LogP contribution in [0.5, 0.6) is 0 Å². The number of rotatable bonds is 6. The maximum absolute atomic E-state index is 12.1.